The molecule has 1 aliphatic rings. The van der Waals surface area contributed by atoms with Gasteiger partial charge in [-0.3, -0.25) is 4.79 Å². The highest BCUT2D eigenvalue weighted by molar-refractivity contribution is 5.78. The second-order valence-corrected chi connectivity index (χ2v) is 4.55. The summed E-state index contributed by atoms with van der Waals surface area (Å²) in [6, 6.07) is 6.45. The number of hydrogen-bond acceptors (Lipinski definition) is 2. The maximum atomic E-state index is 13.2. The molecule has 0 aromatic heterocycles. The number of hydrogen-bond donors (Lipinski definition) is 0. The topological polar surface area (TPSA) is 26.3 Å². The van der Waals surface area contributed by atoms with Crippen molar-refractivity contribution in [2.75, 3.05) is 6.61 Å². The Morgan fingerprint density at radius 1 is 1.24 bits per heavy atom. The van der Waals surface area contributed by atoms with Crippen LogP contribution in [0.1, 0.15) is 32.1 Å². The second kappa shape index (κ2) is 5.80. The molecule has 3 heteroatoms. The largest absolute Gasteiger partial charge is 0.491 e. The van der Waals surface area contributed by atoms with Gasteiger partial charge in [0.2, 0.25) is 0 Å². The molecule has 2 rings (SSSR count). The smallest absolute Gasteiger partial charge is 0.165 e. The van der Waals surface area contributed by atoms with Crippen molar-refractivity contribution in [2.45, 2.75) is 32.1 Å². The minimum Gasteiger partial charge on any atom is -0.491 e. The van der Waals surface area contributed by atoms with Gasteiger partial charge in [-0.25, -0.2) is 4.39 Å². The van der Waals surface area contributed by atoms with Gasteiger partial charge in [0.15, 0.2) is 11.6 Å². The molecule has 0 atom stereocenters. The summed E-state index contributed by atoms with van der Waals surface area (Å²) in [6.07, 6.45) is 4.22. The van der Waals surface area contributed by atoms with Gasteiger partial charge in [0.25, 0.3) is 0 Å². The van der Waals surface area contributed by atoms with E-state index in [9.17, 15) is 9.18 Å². The molecule has 1 aromatic rings. The number of para-hydroxylation sites is 1. The summed E-state index contributed by atoms with van der Waals surface area (Å²) < 4.78 is 18.6. The lowest BCUT2D eigenvalue weighted by molar-refractivity contribution is -0.121. The molecule has 1 aliphatic carbocycles. The van der Waals surface area contributed by atoms with E-state index < -0.39 is 0 Å². The van der Waals surface area contributed by atoms with E-state index >= 15 is 0 Å². The number of Topliss-reactive ketones (excluding diaryl/α,β-unsaturated/α-hetero) is 1. The van der Waals surface area contributed by atoms with Crippen molar-refractivity contribution in [1.82, 2.24) is 0 Å². The molecule has 0 saturated heterocycles. The van der Waals surface area contributed by atoms with Gasteiger partial charge in [-0.05, 0) is 37.3 Å². The Kier molecular flexibility index (Phi) is 4.13. The molecule has 17 heavy (non-hydrogen) atoms. The second-order valence-electron chi connectivity index (χ2n) is 4.55. The van der Waals surface area contributed by atoms with Gasteiger partial charge in [0, 0.05) is 12.8 Å². The minimum atomic E-state index is -0.314. The molecule has 1 saturated carbocycles. The molecule has 0 N–H and O–H groups in total. The lowest BCUT2D eigenvalue weighted by Gasteiger charge is -2.20. The van der Waals surface area contributed by atoms with Gasteiger partial charge < -0.3 is 4.74 Å². The SMILES string of the molecule is O=C1CCC(CCOc2ccccc2F)CC1. The first-order valence-corrected chi connectivity index (χ1v) is 6.15. The average Bonchev–Trinajstić information content (AvgIpc) is 2.34. The minimum absolute atomic E-state index is 0.314. The lowest BCUT2D eigenvalue weighted by Crippen LogP contribution is -2.16. The van der Waals surface area contributed by atoms with E-state index in [2.05, 4.69) is 0 Å². The highest BCUT2D eigenvalue weighted by atomic mass is 19.1. The quantitative estimate of drug-likeness (QED) is 0.801. The van der Waals surface area contributed by atoms with E-state index in [-0.39, 0.29) is 5.82 Å². The fourth-order valence-electron chi connectivity index (χ4n) is 2.19. The van der Waals surface area contributed by atoms with Crippen LogP contribution in [0.5, 0.6) is 5.75 Å². The maximum absolute atomic E-state index is 13.2. The Morgan fingerprint density at radius 3 is 2.65 bits per heavy atom. The first-order chi connectivity index (χ1) is 8.25. The summed E-state index contributed by atoms with van der Waals surface area (Å²) in [5.41, 5.74) is 0. The maximum Gasteiger partial charge on any atom is 0.165 e. The molecule has 0 radical (unpaired) electrons. The number of carbonyl (C=O) groups is 1. The normalized spacial score (nSPS) is 17.1. The fourth-order valence-corrected chi connectivity index (χ4v) is 2.19. The highest BCUT2D eigenvalue weighted by Crippen LogP contribution is 2.25. The van der Waals surface area contributed by atoms with Crippen molar-refractivity contribution in [3.05, 3.63) is 30.1 Å². The van der Waals surface area contributed by atoms with E-state index in [0.717, 1.165) is 19.3 Å². The Bertz CT molecular complexity index is 380. The van der Waals surface area contributed by atoms with Crippen LogP contribution in [-0.4, -0.2) is 12.4 Å². The number of halogens is 1. The Morgan fingerprint density at radius 2 is 1.94 bits per heavy atom. The van der Waals surface area contributed by atoms with Crippen LogP contribution in [0, 0.1) is 11.7 Å². The van der Waals surface area contributed by atoms with Gasteiger partial charge >= 0.3 is 0 Å². The van der Waals surface area contributed by atoms with Crippen molar-refractivity contribution in [3.63, 3.8) is 0 Å². The molecule has 1 fully saturated rings. The number of ketones is 1. The molecular weight excluding hydrogens is 219 g/mol. The van der Waals surface area contributed by atoms with Crippen LogP contribution in [0.15, 0.2) is 24.3 Å². The highest BCUT2D eigenvalue weighted by Gasteiger charge is 2.18. The van der Waals surface area contributed by atoms with Gasteiger partial charge in [-0.15, -0.1) is 0 Å². The zero-order chi connectivity index (χ0) is 12.1. The summed E-state index contributed by atoms with van der Waals surface area (Å²) >= 11 is 0. The molecule has 0 amide bonds. The van der Waals surface area contributed by atoms with Crippen LogP contribution >= 0.6 is 0 Å². The van der Waals surface area contributed by atoms with E-state index in [4.69, 9.17) is 4.74 Å². The molecule has 0 unspecified atom stereocenters. The first-order valence-electron chi connectivity index (χ1n) is 6.15. The van der Waals surface area contributed by atoms with Crippen LogP contribution in [-0.2, 0) is 4.79 Å². The zero-order valence-corrected chi connectivity index (χ0v) is 9.82. The third-order valence-electron chi connectivity index (χ3n) is 3.28. The van der Waals surface area contributed by atoms with Gasteiger partial charge in [-0.2, -0.15) is 0 Å². The first kappa shape index (κ1) is 12.1. The number of rotatable bonds is 4. The van der Waals surface area contributed by atoms with Crippen LogP contribution in [0.2, 0.25) is 0 Å². The van der Waals surface area contributed by atoms with E-state index in [1.165, 1.54) is 6.07 Å². The summed E-state index contributed by atoms with van der Waals surface area (Å²) in [4.78, 5) is 11.1. The molecule has 0 bridgehead atoms. The lowest BCUT2D eigenvalue weighted by atomic mass is 9.86. The van der Waals surface area contributed by atoms with Crippen LogP contribution in [0.25, 0.3) is 0 Å². The summed E-state index contributed by atoms with van der Waals surface area (Å²) in [7, 11) is 0. The third kappa shape index (κ3) is 3.55. The number of benzene rings is 1. The molecule has 0 spiro atoms. The molecule has 1 aromatic carbocycles. The molecular formula is C14H17FO2. The Labute approximate surface area is 101 Å². The van der Waals surface area contributed by atoms with Crippen LogP contribution in [0.4, 0.5) is 4.39 Å². The van der Waals surface area contributed by atoms with Crippen molar-refractivity contribution >= 4 is 5.78 Å². The van der Waals surface area contributed by atoms with Gasteiger partial charge in [0.1, 0.15) is 5.78 Å². The number of carbonyl (C=O) groups excluding carboxylic acids is 1. The van der Waals surface area contributed by atoms with Crippen molar-refractivity contribution in [1.29, 1.82) is 0 Å². The zero-order valence-electron chi connectivity index (χ0n) is 9.82. The predicted molar refractivity (Wildman–Crippen MR) is 63.5 cm³/mol. The van der Waals surface area contributed by atoms with Gasteiger partial charge in [0.05, 0.1) is 6.61 Å². The van der Waals surface area contributed by atoms with E-state index in [0.29, 0.717) is 36.9 Å². The van der Waals surface area contributed by atoms with Crippen molar-refractivity contribution in [2.24, 2.45) is 5.92 Å². The summed E-state index contributed by atoms with van der Waals surface area (Å²) in [5, 5.41) is 0. The fraction of sp³-hybridized carbons (Fsp3) is 0.500. The van der Waals surface area contributed by atoms with Crippen molar-refractivity contribution in [3.8, 4) is 5.75 Å². The monoisotopic (exact) mass is 236 g/mol. The van der Waals surface area contributed by atoms with E-state index in [1.807, 2.05) is 0 Å². The Balaban J connectivity index is 1.73. The molecule has 0 heterocycles. The summed E-state index contributed by atoms with van der Waals surface area (Å²) in [5.74, 6) is 0.932. The van der Waals surface area contributed by atoms with Crippen LogP contribution < -0.4 is 4.74 Å². The summed E-state index contributed by atoms with van der Waals surface area (Å²) in [6.45, 7) is 0.528. The predicted octanol–water partition coefficient (Wildman–Crippen LogP) is 3.35. The van der Waals surface area contributed by atoms with E-state index in [1.54, 1.807) is 18.2 Å². The van der Waals surface area contributed by atoms with Crippen LogP contribution in [0.3, 0.4) is 0 Å². The standard InChI is InChI=1S/C14H17FO2/c15-13-3-1-2-4-14(13)17-10-9-11-5-7-12(16)8-6-11/h1-4,11H,5-10H2. The Hall–Kier alpha value is -1.38. The number of ether oxygens (including phenoxy) is 1. The molecule has 0 aliphatic heterocycles. The van der Waals surface area contributed by atoms with Crippen molar-refractivity contribution < 1.29 is 13.9 Å². The molecule has 2 nitrogen and oxygen atoms in total. The third-order valence-corrected chi connectivity index (χ3v) is 3.28. The average molecular weight is 236 g/mol. The molecule has 92 valence electrons. The van der Waals surface area contributed by atoms with Gasteiger partial charge in [-0.1, -0.05) is 12.1 Å².